The molecule has 0 amide bonds. The molecule has 22 heterocycles. The molecule has 22 aliphatic rings. The smallest absolute Gasteiger partial charge is 0.187 e. The highest BCUT2D eigenvalue weighted by atomic mass is 16.8. The SMILES string of the molecule is CCCCCCc1ccc(N=Nc2ccc(OCCCCCCCCCCOC[C@H]3O[C@@H]4O[C@H]5[C@H](O)[C@@H](O)[C@@H](O[C@H]6[C@H](O)[C@@H](O)[C@@H](O[C@H]7[C@H](O)[C@@H](O)[C@@H](O[C@H]8[C@H](O)[C@@H](O)[C@@H](O[C@H]9[C@H](O)[C@@H](O)[C@@H](O[C@H]3[C@H](O)[C@H]4O)O[C@@H]9CO)O[C@@H]8CO)O[C@@H]7CO)O[C@@H]6CO)O[C@@H]5CO)cc2)cc1. The second kappa shape index (κ2) is 37.7. The van der Waals surface area contributed by atoms with Crippen molar-refractivity contribution in [2.24, 2.45) is 10.2 Å². The molecular formula is C64H100N2O31. The van der Waals surface area contributed by atoms with Crippen LogP contribution in [0.1, 0.15) is 89.5 Å². The number of benzene rings is 2. The van der Waals surface area contributed by atoms with Crippen molar-refractivity contribution in [2.45, 2.75) is 275 Å². The predicted octanol–water partition coefficient (Wildman–Crippen LogP) is -3.29. The minimum atomic E-state index is -2.16. The molecule has 24 rings (SSSR count). The van der Waals surface area contributed by atoms with Gasteiger partial charge in [0.2, 0.25) is 0 Å². The summed E-state index contributed by atoms with van der Waals surface area (Å²) in [7, 11) is 0. The zero-order valence-electron chi connectivity index (χ0n) is 54.0. The molecule has 30 atom stereocenters. The lowest BCUT2D eigenvalue weighted by Gasteiger charge is -2.50. The number of hydrogen-bond acceptors (Lipinski definition) is 33. The fourth-order valence-corrected chi connectivity index (χ4v) is 12.9. The fourth-order valence-electron chi connectivity index (χ4n) is 12.9. The first-order chi connectivity index (χ1) is 46.8. The molecule has 0 aromatic heterocycles. The third kappa shape index (κ3) is 19.5. The number of aliphatic hydroxyl groups excluding tert-OH is 17. The number of hydrogen-bond donors (Lipinski definition) is 17. The Bertz CT molecular complexity index is 2600. The van der Waals surface area contributed by atoms with Crippen molar-refractivity contribution in [1.29, 1.82) is 0 Å². The van der Waals surface area contributed by atoms with E-state index in [0.717, 1.165) is 68.5 Å². The third-order valence-electron chi connectivity index (χ3n) is 18.6. The van der Waals surface area contributed by atoms with Crippen LogP contribution in [0.5, 0.6) is 5.75 Å². The maximum atomic E-state index is 11.9. The molecule has 22 fully saturated rings. The van der Waals surface area contributed by atoms with Gasteiger partial charge in [-0.25, -0.2) is 0 Å². The fraction of sp³-hybridized carbons (Fsp3) is 0.812. The topological polar surface area (TPSA) is 498 Å². The molecule has 33 heteroatoms. The number of azo groups is 1. The van der Waals surface area contributed by atoms with E-state index in [1.54, 1.807) is 0 Å². The van der Waals surface area contributed by atoms with Crippen LogP contribution < -0.4 is 4.74 Å². The molecule has 2 aromatic carbocycles. The molecule has 0 aliphatic carbocycles. The summed E-state index contributed by atoms with van der Waals surface area (Å²) in [6.45, 7) is -2.46. The Hall–Kier alpha value is -3.36. The van der Waals surface area contributed by atoms with E-state index in [1.165, 1.54) is 31.2 Å². The first-order valence-electron chi connectivity index (χ1n) is 33.7. The van der Waals surface area contributed by atoms with E-state index in [0.29, 0.717) is 13.0 Å². The molecule has 0 radical (unpaired) electrons. The first kappa shape index (κ1) is 77.8. The standard InChI is InChI=1S/C64H100N2O31/c1-2-3-4-11-14-31-15-17-32(18-16-31)65-66-33-19-21-34(22-20-33)85-24-13-10-8-6-5-7-9-12-23-84-30-40-58-46(77)52(83)64(91-40)96-57-39(29-71)89-62(50(81)44(57)75)94-55-37(27-69)87-60(48(79)42(55)73)92-53-35(25-67)86-59(47(78)41(53)72)93-54-36(26-68)88-61(49(80)43(54)74)95-56-38(28-70)90-63(97-58)51(82)45(56)76/h15-22,35-64,67-83H,2-14,23-30H2,1H3/t35-,36-,37-,38-,39-,40-,41-,42-,43-,44-,45-,46-,47-,48-,49-,50-,51-,52-,53-,54-,55-,56-,57-,58-,59-,60-,61-,62-,63-,64-/m1/s1. The van der Waals surface area contributed by atoms with Gasteiger partial charge in [0.1, 0.15) is 152 Å². The number of nitrogens with zero attached hydrogens (tertiary/aromatic N) is 2. The van der Waals surface area contributed by atoms with Gasteiger partial charge in [-0.3, -0.25) is 0 Å². The number of aryl methyl sites for hydroxylation is 1. The van der Waals surface area contributed by atoms with Crippen LogP contribution in [0.15, 0.2) is 58.8 Å². The lowest BCUT2D eigenvalue weighted by atomic mass is 9.94. The lowest BCUT2D eigenvalue weighted by molar-refractivity contribution is -0.404. The van der Waals surface area contributed by atoms with Gasteiger partial charge in [0.25, 0.3) is 0 Å². The van der Waals surface area contributed by atoms with E-state index in [9.17, 15) is 86.8 Å². The summed E-state index contributed by atoms with van der Waals surface area (Å²) in [4.78, 5) is 0. The summed E-state index contributed by atoms with van der Waals surface area (Å²) in [6, 6.07) is 15.7. The monoisotopic (exact) mass is 1390 g/mol. The van der Waals surface area contributed by atoms with E-state index in [1.807, 2.05) is 36.4 Å². The van der Waals surface area contributed by atoms with Crippen molar-refractivity contribution in [1.82, 2.24) is 0 Å². The molecule has 0 spiro atoms. The van der Waals surface area contributed by atoms with Gasteiger partial charge >= 0.3 is 0 Å². The second-order valence-corrected chi connectivity index (χ2v) is 25.6. The molecule has 12 bridgehead atoms. The normalized spacial score (nSPS) is 41.5. The van der Waals surface area contributed by atoms with Crippen molar-refractivity contribution in [3.8, 4) is 5.75 Å². The molecule has 33 nitrogen and oxygen atoms in total. The van der Waals surface area contributed by atoms with Crippen molar-refractivity contribution < 1.29 is 153 Å². The second-order valence-electron chi connectivity index (χ2n) is 25.6. The summed E-state index contributed by atoms with van der Waals surface area (Å²) in [5, 5.41) is 199. The molecule has 17 N–H and O–H groups in total. The Morgan fingerprint density at radius 2 is 0.588 bits per heavy atom. The summed E-state index contributed by atoms with van der Waals surface area (Å²) in [6.07, 6.45) is -45.2. The van der Waals surface area contributed by atoms with Crippen molar-refractivity contribution >= 4 is 11.4 Å². The number of unbranched alkanes of at least 4 members (excludes halogenated alkanes) is 10. The molecule has 2 aromatic rings. The Labute approximate surface area is 560 Å². The van der Waals surface area contributed by atoms with Gasteiger partial charge in [0, 0.05) is 6.61 Å². The van der Waals surface area contributed by atoms with Crippen LogP contribution in [0.4, 0.5) is 11.4 Å². The average Bonchev–Trinajstić information content (AvgIpc) is 0.780. The van der Waals surface area contributed by atoms with Gasteiger partial charge in [-0.1, -0.05) is 76.8 Å². The quantitative estimate of drug-likeness (QED) is 0.0324. The van der Waals surface area contributed by atoms with Crippen LogP contribution in [0.3, 0.4) is 0 Å². The van der Waals surface area contributed by atoms with Crippen LogP contribution in [0.25, 0.3) is 0 Å². The number of rotatable bonds is 26. The van der Waals surface area contributed by atoms with Gasteiger partial charge in [-0.05, 0) is 67.6 Å². The lowest BCUT2D eigenvalue weighted by Crippen LogP contribution is -2.69. The summed E-state index contributed by atoms with van der Waals surface area (Å²) < 4.78 is 82.3. The molecule has 0 saturated carbocycles. The highest BCUT2D eigenvalue weighted by Crippen LogP contribution is 2.39. The molecule has 552 valence electrons. The van der Waals surface area contributed by atoms with Crippen molar-refractivity contribution in [3.05, 3.63) is 54.1 Å². The van der Waals surface area contributed by atoms with E-state index >= 15 is 0 Å². The molecule has 22 aliphatic heterocycles. The number of aliphatic hydroxyl groups is 17. The van der Waals surface area contributed by atoms with Gasteiger partial charge in [-0.2, -0.15) is 10.2 Å². The maximum Gasteiger partial charge on any atom is 0.187 e. The predicted molar refractivity (Wildman–Crippen MR) is 327 cm³/mol. The van der Waals surface area contributed by atoms with E-state index in [2.05, 4.69) is 29.3 Å². The number of ether oxygens (including phenoxy) is 14. The summed E-state index contributed by atoms with van der Waals surface area (Å²) in [5.74, 6) is 0.746. The zero-order chi connectivity index (χ0) is 69.4. The van der Waals surface area contributed by atoms with Crippen LogP contribution in [0, 0.1) is 0 Å². The van der Waals surface area contributed by atoms with Crippen LogP contribution >= 0.6 is 0 Å². The Balaban J connectivity index is 0.817. The van der Waals surface area contributed by atoms with Crippen LogP contribution in [-0.4, -0.2) is 324 Å². The van der Waals surface area contributed by atoms with Crippen LogP contribution in [0.2, 0.25) is 0 Å². The molecule has 0 unspecified atom stereocenters. The van der Waals surface area contributed by atoms with Crippen molar-refractivity contribution in [3.63, 3.8) is 0 Å². The highest BCUT2D eigenvalue weighted by molar-refractivity contribution is 5.43. The summed E-state index contributed by atoms with van der Waals surface area (Å²) in [5.41, 5.74) is 2.82. The highest BCUT2D eigenvalue weighted by Gasteiger charge is 2.59. The van der Waals surface area contributed by atoms with Gasteiger partial charge in [0.15, 0.2) is 37.7 Å². The Morgan fingerprint density at radius 3 is 0.907 bits per heavy atom. The Morgan fingerprint density at radius 1 is 0.309 bits per heavy atom. The molecule has 97 heavy (non-hydrogen) atoms. The van der Waals surface area contributed by atoms with E-state index in [-0.39, 0.29) is 6.61 Å². The van der Waals surface area contributed by atoms with Gasteiger partial charge in [0.05, 0.1) is 57.6 Å². The van der Waals surface area contributed by atoms with Crippen molar-refractivity contribution in [2.75, 3.05) is 52.9 Å². The first-order valence-corrected chi connectivity index (χ1v) is 33.7. The average molecular weight is 1390 g/mol. The van der Waals surface area contributed by atoms with E-state index in [4.69, 9.17) is 66.3 Å². The van der Waals surface area contributed by atoms with Gasteiger partial charge < -0.3 is 153 Å². The summed E-state index contributed by atoms with van der Waals surface area (Å²) >= 11 is 0. The molecule has 22 saturated heterocycles. The minimum absolute atomic E-state index is 0.147. The third-order valence-corrected chi connectivity index (χ3v) is 18.6. The van der Waals surface area contributed by atoms with E-state index < -0.39 is 224 Å². The molecular weight excluding hydrogens is 1290 g/mol. The Kier molecular flexibility index (Phi) is 30.2. The largest absolute Gasteiger partial charge is 0.494 e. The van der Waals surface area contributed by atoms with Gasteiger partial charge in [-0.15, -0.1) is 0 Å². The maximum absolute atomic E-state index is 11.9. The zero-order valence-corrected chi connectivity index (χ0v) is 54.0. The minimum Gasteiger partial charge on any atom is -0.494 e. The van der Waals surface area contributed by atoms with Crippen LogP contribution in [-0.2, 0) is 68.0 Å².